The second-order valence-corrected chi connectivity index (χ2v) is 9.42. The lowest BCUT2D eigenvalue weighted by Crippen LogP contribution is -2.20. The van der Waals surface area contributed by atoms with Crippen LogP contribution in [0.1, 0.15) is 96.6 Å². The molecule has 31 heavy (non-hydrogen) atoms. The summed E-state index contributed by atoms with van der Waals surface area (Å²) < 4.78 is 6.12. The Morgan fingerprint density at radius 3 is 2.16 bits per heavy atom. The zero-order valence-corrected chi connectivity index (χ0v) is 19.8. The van der Waals surface area contributed by atoms with E-state index in [1.807, 2.05) is 12.4 Å². The molecule has 0 N–H and O–H groups in total. The molecule has 2 aromatic rings. The minimum atomic E-state index is 0.720. The van der Waals surface area contributed by atoms with Gasteiger partial charge in [0.15, 0.2) is 0 Å². The van der Waals surface area contributed by atoms with Crippen LogP contribution >= 0.6 is 0 Å². The number of ether oxygens (including phenoxy) is 1. The number of unbranched alkanes of at least 4 members (excludes halogenated alkanes) is 5. The van der Waals surface area contributed by atoms with E-state index in [0.717, 1.165) is 47.6 Å². The zero-order chi connectivity index (χ0) is 21.7. The van der Waals surface area contributed by atoms with Crippen molar-refractivity contribution in [3.63, 3.8) is 0 Å². The molecular formula is C28H42N2O. The quantitative estimate of drug-likeness (QED) is 0.306. The molecule has 1 aromatic heterocycles. The molecule has 3 heteroatoms. The molecule has 1 aromatic carbocycles. The summed E-state index contributed by atoms with van der Waals surface area (Å²) in [7, 11) is 0. The van der Waals surface area contributed by atoms with Crippen molar-refractivity contribution in [3.05, 3.63) is 42.4 Å². The normalized spacial score (nSPS) is 18.8. The summed E-state index contributed by atoms with van der Waals surface area (Å²) in [6.07, 6.45) is 21.0. The van der Waals surface area contributed by atoms with Crippen LogP contribution in [0.2, 0.25) is 0 Å². The van der Waals surface area contributed by atoms with E-state index in [4.69, 9.17) is 4.74 Å². The number of rotatable bonds is 13. The highest BCUT2D eigenvalue weighted by Crippen LogP contribution is 2.32. The molecule has 3 rings (SSSR count). The van der Waals surface area contributed by atoms with Crippen molar-refractivity contribution in [2.75, 3.05) is 6.61 Å². The first-order valence-electron chi connectivity index (χ1n) is 12.8. The summed E-state index contributed by atoms with van der Waals surface area (Å²) in [4.78, 5) is 9.24. The van der Waals surface area contributed by atoms with Crippen LogP contribution in [0, 0.1) is 11.8 Å². The molecular weight excluding hydrogens is 380 g/mol. The third-order valence-corrected chi connectivity index (χ3v) is 6.81. The van der Waals surface area contributed by atoms with Crippen molar-refractivity contribution in [2.45, 2.75) is 97.3 Å². The lowest BCUT2D eigenvalue weighted by molar-refractivity contribution is 0.177. The second kappa shape index (κ2) is 13.5. The van der Waals surface area contributed by atoms with Gasteiger partial charge in [-0.3, -0.25) is 9.97 Å². The van der Waals surface area contributed by atoms with Gasteiger partial charge in [-0.2, -0.15) is 0 Å². The largest absolute Gasteiger partial charge is 0.493 e. The lowest BCUT2D eigenvalue weighted by atomic mass is 9.80. The zero-order valence-electron chi connectivity index (χ0n) is 19.8. The van der Waals surface area contributed by atoms with Gasteiger partial charge in [0.1, 0.15) is 5.75 Å². The summed E-state index contributed by atoms with van der Waals surface area (Å²) in [5, 5.41) is 0. The van der Waals surface area contributed by atoms with Crippen LogP contribution in [-0.2, 0) is 6.42 Å². The van der Waals surface area contributed by atoms with E-state index in [0.29, 0.717) is 0 Å². The maximum atomic E-state index is 6.12. The SMILES string of the molecule is CCCCCCc1cnc(-c2ccc(OC[C@H]3CC[C@H](CCCCC)CC3)cc2)cn1. The van der Waals surface area contributed by atoms with Crippen LogP contribution in [0.5, 0.6) is 5.75 Å². The summed E-state index contributed by atoms with van der Waals surface area (Å²) in [5.74, 6) is 2.65. The molecule has 3 nitrogen and oxygen atoms in total. The van der Waals surface area contributed by atoms with E-state index in [9.17, 15) is 0 Å². The Kier molecular flexibility index (Phi) is 10.3. The average Bonchev–Trinajstić information content (AvgIpc) is 2.82. The molecule has 1 fully saturated rings. The number of nitrogens with zero attached hydrogens (tertiary/aromatic N) is 2. The van der Waals surface area contributed by atoms with E-state index < -0.39 is 0 Å². The Hall–Kier alpha value is -1.90. The first-order chi connectivity index (χ1) is 15.3. The summed E-state index contributed by atoms with van der Waals surface area (Å²) in [6.45, 7) is 5.39. The molecule has 1 heterocycles. The molecule has 0 radical (unpaired) electrons. The van der Waals surface area contributed by atoms with Crippen molar-refractivity contribution >= 4 is 0 Å². The minimum Gasteiger partial charge on any atom is -0.493 e. The average molecular weight is 423 g/mol. The van der Waals surface area contributed by atoms with Gasteiger partial charge in [0.25, 0.3) is 0 Å². The fourth-order valence-corrected chi connectivity index (χ4v) is 4.67. The van der Waals surface area contributed by atoms with E-state index in [1.54, 1.807) is 0 Å². The highest BCUT2D eigenvalue weighted by Gasteiger charge is 2.21. The topological polar surface area (TPSA) is 35.0 Å². The van der Waals surface area contributed by atoms with Crippen LogP contribution in [0.4, 0.5) is 0 Å². The van der Waals surface area contributed by atoms with Crippen molar-refractivity contribution < 1.29 is 4.74 Å². The van der Waals surface area contributed by atoms with Gasteiger partial charge in [0.05, 0.1) is 24.2 Å². The maximum absolute atomic E-state index is 6.12. The molecule has 1 saturated carbocycles. The third kappa shape index (κ3) is 8.27. The summed E-state index contributed by atoms with van der Waals surface area (Å²) >= 11 is 0. The van der Waals surface area contributed by atoms with E-state index in [1.165, 1.54) is 77.0 Å². The number of aromatic nitrogens is 2. The molecule has 0 unspecified atom stereocenters. The van der Waals surface area contributed by atoms with Gasteiger partial charge in [-0.05, 0) is 61.8 Å². The third-order valence-electron chi connectivity index (χ3n) is 6.81. The van der Waals surface area contributed by atoms with Gasteiger partial charge in [-0.25, -0.2) is 0 Å². The first-order valence-corrected chi connectivity index (χ1v) is 12.8. The fraction of sp³-hybridized carbons (Fsp3) is 0.643. The van der Waals surface area contributed by atoms with E-state index in [2.05, 4.69) is 48.1 Å². The predicted molar refractivity (Wildman–Crippen MR) is 130 cm³/mol. The van der Waals surface area contributed by atoms with Gasteiger partial charge in [-0.1, -0.05) is 71.6 Å². The number of hydrogen-bond acceptors (Lipinski definition) is 3. The van der Waals surface area contributed by atoms with Crippen molar-refractivity contribution in [1.82, 2.24) is 9.97 Å². The molecule has 0 saturated heterocycles. The van der Waals surface area contributed by atoms with Gasteiger partial charge in [0, 0.05) is 11.8 Å². The first kappa shape index (κ1) is 23.8. The highest BCUT2D eigenvalue weighted by atomic mass is 16.5. The fourth-order valence-electron chi connectivity index (χ4n) is 4.67. The van der Waals surface area contributed by atoms with Crippen LogP contribution in [0.15, 0.2) is 36.7 Å². The van der Waals surface area contributed by atoms with Gasteiger partial charge < -0.3 is 4.74 Å². The van der Waals surface area contributed by atoms with E-state index >= 15 is 0 Å². The Labute approximate surface area is 190 Å². The molecule has 0 spiro atoms. The van der Waals surface area contributed by atoms with Crippen LogP contribution in [0.25, 0.3) is 11.3 Å². The van der Waals surface area contributed by atoms with E-state index in [-0.39, 0.29) is 0 Å². The van der Waals surface area contributed by atoms with Gasteiger partial charge in [-0.15, -0.1) is 0 Å². The van der Waals surface area contributed by atoms with Crippen LogP contribution in [-0.4, -0.2) is 16.6 Å². The second-order valence-electron chi connectivity index (χ2n) is 9.42. The minimum absolute atomic E-state index is 0.720. The Morgan fingerprint density at radius 2 is 1.48 bits per heavy atom. The van der Waals surface area contributed by atoms with Crippen LogP contribution < -0.4 is 4.74 Å². The summed E-state index contributed by atoms with van der Waals surface area (Å²) in [5.41, 5.74) is 3.13. The number of hydrogen-bond donors (Lipinski definition) is 0. The number of benzene rings is 1. The molecule has 170 valence electrons. The molecule has 0 amide bonds. The molecule has 1 aliphatic carbocycles. The summed E-state index contributed by atoms with van der Waals surface area (Å²) in [6, 6.07) is 8.36. The van der Waals surface area contributed by atoms with Gasteiger partial charge >= 0.3 is 0 Å². The van der Waals surface area contributed by atoms with Crippen molar-refractivity contribution in [2.24, 2.45) is 11.8 Å². The molecule has 0 aliphatic heterocycles. The van der Waals surface area contributed by atoms with Crippen LogP contribution in [0.3, 0.4) is 0 Å². The maximum Gasteiger partial charge on any atom is 0.119 e. The van der Waals surface area contributed by atoms with Gasteiger partial charge in [0.2, 0.25) is 0 Å². The Morgan fingerprint density at radius 1 is 0.774 bits per heavy atom. The highest BCUT2D eigenvalue weighted by molar-refractivity contribution is 5.58. The Balaban J connectivity index is 1.39. The molecule has 0 atom stereocenters. The molecule has 1 aliphatic rings. The smallest absolute Gasteiger partial charge is 0.119 e. The monoisotopic (exact) mass is 422 g/mol. The lowest BCUT2D eigenvalue weighted by Gasteiger charge is -2.28. The predicted octanol–water partition coefficient (Wildman–Crippen LogP) is 8.03. The van der Waals surface area contributed by atoms with Crippen molar-refractivity contribution in [1.29, 1.82) is 0 Å². The standard InChI is InChI=1S/C28H42N2O/c1-3-5-7-9-11-26-20-30-28(21-29-26)25-16-18-27(19-17-25)31-22-24-14-12-23(13-15-24)10-8-6-4-2/h16-21,23-24H,3-15,22H2,1-2H3/t23-,24-. The van der Waals surface area contributed by atoms with Crippen molar-refractivity contribution in [3.8, 4) is 17.0 Å². The number of aryl methyl sites for hydroxylation is 1. The molecule has 0 bridgehead atoms. The Bertz CT molecular complexity index is 718.